The van der Waals surface area contributed by atoms with Crippen molar-refractivity contribution < 1.29 is 14.3 Å². The number of nitrogens with one attached hydrogen (secondary N) is 1. The number of likely N-dealkylation sites (tertiary alicyclic amines) is 1. The third-order valence-electron chi connectivity index (χ3n) is 5.14. The van der Waals surface area contributed by atoms with E-state index in [9.17, 15) is 9.59 Å². The van der Waals surface area contributed by atoms with Crippen molar-refractivity contribution in [2.75, 3.05) is 27.8 Å². The predicted molar refractivity (Wildman–Crippen MR) is 104 cm³/mol. The van der Waals surface area contributed by atoms with Crippen LogP contribution < -0.4 is 10.3 Å². The minimum atomic E-state index is -0.209. The molecule has 1 fully saturated rings. The molecule has 8 heteroatoms. The van der Waals surface area contributed by atoms with Crippen molar-refractivity contribution >= 4 is 11.6 Å². The molecule has 0 radical (unpaired) electrons. The SMILES string of the molecule is COCc1[nH]n2c(=O)cc([C@H]3CC(=O)N(C)C3)nc2c1-c1ccc(OC)cc1. The number of aromatic nitrogens is 3. The Hall–Kier alpha value is -3.13. The number of benzene rings is 1. The van der Waals surface area contributed by atoms with E-state index >= 15 is 0 Å². The molecule has 146 valence electrons. The highest BCUT2D eigenvalue weighted by atomic mass is 16.5. The molecule has 1 saturated heterocycles. The number of carbonyl (C=O) groups is 1. The Balaban J connectivity index is 1.89. The van der Waals surface area contributed by atoms with E-state index in [0.717, 1.165) is 22.6 Å². The maximum atomic E-state index is 12.8. The fraction of sp³-hybridized carbons (Fsp3) is 0.350. The number of likely N-dealkylation sites (N-methyl/N-ethyl adjacent to an activating group) is 1. The summed E-state index contributed by atoms with van der Waals surface area (Å²) in [5.74, 6) is 0.728. The Morgan fingerprint density at radius 3 is 2.57 bits per heavy atom. The lowest BCUT2D eigenvalue weighted by Crippen LogP contribution is -2.20. The van der Waals surface area contributed by atoms with Crippen LogP contribution in [0.2, 0.25) is 0 Å². The zero-order valence-corrected chi connectivity index (χ0v) is 16.1. The number of fused-ring (bicyclic) bond motifs is 1. The van der Waals surface area contributed by atoms with Crippen molar-refractivity contribution in [1.82, 2.24) is 19.5 Å². The molecular weight excluding hydrogens is 360 g/mol. The molecule has 3 heterocycles. The zero-order valence-electron chi connectivity index (χ0n) is 16.1. The molecule has 0 saturated carbocycles. The van der Waals surface area contributed by atoms with Gasteiger partial charge in [-0.3, -0.25) is 14.7 Å². The molecule has 4 rings (SSSR count). The number of hydrogen-bond acceptors (Lipinski definition) is 5. The number of rotatable bonds is 5. The maximum absolute atomic E-state index is 12.8. The third-order valence-corrected chi connectivity index (χ3v) is 5.14. The van der Waals surface area contributed by atoms with Gasteiger partial charge in [0.25, 0.3) is 5.56 Å². The molecule has 1 amide bonds. The fourth-order valence-corrected chi connectivity index (χ4v) is 3.68. The molecule has 1 N–H and O–H groups in total. The molecule has 1 aliphatic rings. The van der Waals surface area contributed by atoms with Crippen LogP contribution in [0.3, 0.4) is 0 Å². The summed E-state index contributed by atoms with van der Waals surface area (Å²) in [5.41, 5.74) is 3.42. The van der Waals surface area contributed by atoms with E-state index < -0.39 is 0 Å². The molecule has 28 heavy (non-hydrogen) atoms. The highest BCUT2D eigenvalue weighted by Crippen LogP contribution is 2.31. The van der Waals surface area contributed by atoms with Crippen LogP contribution in [0, 0.1) is 0 Å². The normalized spacial score (nSPS) is 16.9. The van der Waals surface area contributed by atoms with Gasteiger partial charge in [0, 0.05) is 44.7 Å². The number of nitrogens with zero attached hydrogens (tertiary/aromatic N) is 3. The Labute approximate surface area is 161 Å². The van der Waals surface area contributed by atoms with Gasteiger partial charge >= 0.3 is 0 Å². The van der Waals surface area contributed by atoms with Crippen LogP contribution in [0.25, 0.3) is 16.8 Å². The number of methoxy groups -OCH3 is 2. The van der Waals surface area contributed by atoms with Gasteiger partial charge in [-0.15, -0.1) is 0 Å². The highest BCUT2D eigenvalue weighted by molar-refractivity contribution is 5.81. The van der Waals surface area contributed by atoms with Crippen LogP contribution >= 0.6 is 0 Å². The molecule has 3 aromatic rings. The summed E-state index contributed by atoms with van der Waals surface area (Å²) in [5, 5.41) is 3.10. The van der Waals surface area contributed by atoms with Crippen LogP contribution in [0.15, 0.2) is 35.1 Å². The van der Waals surface area contributed by atoms with E-state index in [0.29, 0.717) is 30.9 Å². The van der Waals surface area contributed by atoms with Gasteiger partial charge in [-0.05, 0) is 17.7 Å². The van der Waals surface area contributed by atoms with Crippen LogP contribution in [0.4, 0.5) is 0 Å². The van der Waals surface area contributed by atoms with Crippen LogP contribution in [-0.2, 0) is 16.1 Å². The van der Waals surface area contributed by atoms with Gasteiger partial charge in [0.2, 0.25) is 5.91 Å². The molecule has 2 aromatic heterocycles. The van der Waals surface area contributed by atoms with E-state index in [1.54, 1.807) is 26.2 Å². The van der Waals surface area contributed by atoms with Gasteiger partial charge < -0.3 is 14.4 Å². The number of H-pyrrole nitrogens is 1. The van der Waals surface area contributed by atoms with Crippen molar-refractivity contribution in [2.45, 2.75) is 18.9 Å². The second kappa shape index (κ2) is 7.12. The summed E-state index contributed by atoms with van der Waals surface area (Å²) in [4.78, 5) is 31.1. The predicted octanol–water partition coefficient (Wildman–Crippen LogP) is 1.79. The van der Waals surface area contributed by atoms with Crippen molar-refractivity contribution in [1.29, 1.82) is 0 Å². The molecule has 1 aromatic carbocycles. The summed E-state index contributed by atoms with van der Waals surface area (Å²) in [6.07, 6.45) is 0.367. The van der Waals surface area contributed by atoms with Crippen LogP contribution in [-0.4, -0.2) is 53.2 Å². The number of carbonyl (C=O) groups excluding carboxylic acids is 1. The van der Waals surface area contributed by atoms with Gasteiger partial charge in [-0.1, -0.05) is 12.1 Å². The van der Waals surface area contributed by atoms with Crippen molar-refractivity contribution in [2.24, 2.45) is 0 Å². The van der Waals surface area contributed by atoms with Crippen molar-refractivity contribution in [3.8, 4) is 16.9 Å². The average Bonchev–Trinajstić information content (AvgIpc) is 3.22. The van der Waals surface area contributed by atoms with E-state index in [2.05, 4.69) is 5.10 Å². The Morgan fingerprint density at radius 2 is 1.96 bits per heavy atom. The molecule has 0 aliphatic carbocycles. The lowest BCUT2D eigenvalue weighted by molar-refractivity contribution is -0.126. The van der Waals surface area contributed by atoms with E-state index in [1.807, 2.05) is 24.3 Å². The first-order valence-electron chi connectivity index (χ1n) is 9.03. The van der Waals surface area contributed by atoms with Gasteiger partial charge in [0.1, 0.15) is 5.75 Å². The summed E-state index contributed by atoms with van der Waals surface area (Å²) in [6.45, 7) is 0.874. The minimum absolute atomic E-state index is 0.0662. The first kappa shape index (κ1) is 18.2. The molecule has 0 unspecified atom stereocenters. The second-order valence-corrected chi connectivity index (χ2v) is 6.98. The third kappa shape index (κ3) is 3.05. The number of ether oxygens (including phenoxy) is 2. The lowest BCUT2D eigenvalue weighted by atomic mass is 10.0. The van der Waals surface area contributed by atoms with E-state index in [4.69, 9.17) is 14.5 Å². The number of amides is 1. The quantitative estimate of drug-likeness (QED) is 0.727. The second-order valence-electron chi connectivity index (χ2n) is 6.98. The van der Waals surface area contributed by atoms with Crippen molar-refractivity contribution in [3.05, 3.63) is 52.1 Å². The number of aromatic amines is 1. The van der Waals surface area contributed by atoms with E-state index in [1.165, 1.54) is 10.6 Å². The summed E-state index contributed by atoms with van der Waals surface area (Å²) < 4.78 is 12.0. The van der Waals surface area contributed by atoms with E-state index in [-0.39, 0.29) is 17.4 Å². The average molecular weight is 382 g/mol. The molecule has 1 atom stereocenters. The van der Waals surface area contributed by atoms with Gasteiger partial charge in [0.05, 0.1) is 25.1 Å². The summed E-state index contributed by atoms with van der Waals surface area (Å²) >= 11 is 0. The lowest BCUT2D eigenvalue weighted by Gasteiger charge is -2.10. The molecule has 1 aliphatic heterocycles. The first-order chi connectivity index (χ1) is 13.5. The van der Waals surface area contributed by atoms with Gasteiger partial charge in [-0.2, -0.15) is 0 Å². The smallest absolute Gasteiger partial charge is 0.272 e. The van der Waals surface area contributed by atoms with Crippen LogP contribution in [0.5, 0.6) is 5.75 Å². The summed E-state index contributed by atoms with van der Waals surface area (Å²) in [7, 11) is 4.98. The standard InChI is InChI=1S/C20H22N4O4/c1-23-10-13(8-17(23)25)15-9-18(26)24-20(21-15)19(16(22-24)11-27-2)12-4-6-14(28-3)7-5-12/h4-7,9,13,22H,8,10-11H2,1-3H3/t13-/m0/s1. The van der Waals surface area contributed by atoms with Crippen molar-refractivity contribution in [3.63, 3.8) is 0 Å². The molecule has 8 nitrogen and oxygen atoms in total. The Bertz CT molecular complexity index is 1080. The van der Waals surface area contributed by atoms with Gasteiger partial charge in [0.15, 0.2) is 5.65 Å². The Morgan fingerprint density at radius 1 is 1.21 bits per heavy atom. The zero-order chi connectivity index (χ0) is 19.8. The molecular formula is C20H22N4O4. The van der Waals surface area contributed by atoms with Crippen LogP contribution in [0.1, 0.15) is 23.7 Å². The monoisotopic (exact) mass is 382 g/mol. The topological polar surface area (TPSA) is 88.9 Å². The highest BCUT2D eigenvalue weighted by Gasteiger charge is 2.30. The number of hydrogen-bond donors (Lipinski definition) is 1. The minimum Gasteiger partial charge on any atom is -0.497 e. The first-order valence-corrected chi connectivity index (χ1v) is 9.03. The van der Waals surface area contributed by atoms with Gasteiger partial charge in [-0.25, -0.2) is 9.50 Å². The summed E-state index contributed by atoms with van der Waals surface area (Å²) in [6, 6.07) is 9.08. The largest absolute Gasteiger partial charge is 0.497 e. The molecule has 0 bridgehead atoms. The Kier molecular flexibility index (Phi) is 4.64. The molecule has 0 spiro atoms. The maximum Gasteiger partial charge on any atom is 0.272 e. The fourth-order valence-electron chi connectivity index (χ4n) is 3.68.